The minimum atomic E-state index is -0.287. The molecule has 0 saturated heterocycles. The van der Waals surface area contributed by atoms with Crippen molar-refractivity contribution in [3.8, 4) is 0 Å². The molecule has 0 amide bonds. The maximum Gasteiger partial charge on any atom is 0.157 e. The molecule has 0 N–H and O–H groups in total. The summed E-state index contributed by atoms with van der Waals surface area (Å²) >= 11 is 7.42. The molecule has 1 aromatic rings. The molecule has 54 valence electrons. The van der Waals surface area contributed by atoms with Gasteiger partial charge in [0.1, 0.15) is 5.15 Å². The molecule has 0 spiro atoms. The van der Waals surface area contributed by atoms with Crippen LogP contribution in [0.4, 0.5) is 4.39 Å². The Bertz CT molecular complexity index is 241. The van der Waals surface area contributed by atoms with Crippen LogP contribution in [0, 0.1) is 16.3 Å². The second-order valence-electron chi connectivity index (χ2n) is 1.83. The lowest BCUT2D eigenvalue weighted by molar-refractivity contribution is 0.602. The van der Waals surface area contributed by atoms with Gasteiger partial charge in [0.25, 0.3) is 0 Å². The zero-order valence-electron chi connectivity index (χ0n) is 5.16. The van der Waals surface area contributed by atoms with Crippen molar-refractivity contribution in [3.63, 3.8) is 0 Å². The molecular formula is C6H4ClFIN. The Hall–Kier alpha value is 0.1000. The van der Waals surface area contributed by atoms with Crippen LogP contribution < -0.4 is 0 Å². The monoisotopic (exact) mass is 271 g/mol. The topological polar surface area (TPSA) is 12.9 Å². The third-order valence-electron chi connectivity index (χ3n) is 1.05. The summed E-state index contributed by atoms with van der Waals surface area (Å²) in [6, 6.07) is 1.49. The SMILES string of the molecule is Cc1nc(Cl)cc(I)c1F. The van der Waals surface area contributed by atoms with Gasteiger partial charge >= 0.3 is 0 Å². The molecule has 4 heteroatoms. The first-order valence-corrected chi connectivity index (χ1v) is 4.05. The fourth-order valence-corrected chi connectivity index (χ4v) is 1.69. The second kappa shape index (κ2) is 3.00. The van der Waals surface area contributed by atoms with Crippen LogP contribution in [0.5, 0.6) is 0 Å². The van der Waals surface area contributed by atoms with Gasteiger partial charge in [-0.05, 0) is 35.6 Å². The number of rotatable bonds is 0. The molecule has 0 aromatic carbocycles. The van der Waals surface area contributed by atoms with Crippen LogP contribution in [0.2, 0.25) is 5.15 Å². The van der Waals surface area contributed by atoms with E-state index in [1.54, 1.807) is 6.92 Å². The quantitative estimate of drug-likeness (QED) is 0.522. The van der Waals surface area contributed by atoms with Gasteiger partial charge in [-0.1, -0.05) is 11.6 Å². The summed E-state index contributed by atoms with van der Waals surface area (Å²) in [5.41, 5.74) is 0.344. The zero-order chi connectivity index (χ0) is 7.72. The summed E-state index contributed by atoms with van der Waals surface area (Å²) in [6.07, 6.45) is 0. The van der Waals surface area contributed by atoms with Gasteiger partial charge in [0, 0.05) is 0 Å². The smallest absolute Gasteiger partial charge is 0.157 e. The van der Waals surface area contributed by atoms with Crippen LogP contribution >= 0.6 is 34.2 Å². The molecule has 0 unspecified atom stereocenters. The standard InChI is InChI=1S/C6H4ClFIN/c1-3-6(8)4(9)2-5(7)10-3/h2H,1H3. The molecular weight excluding hydrogens is 267 g/mol. The van der Waals surface area contributed by atoms with Crippen LogP contribution in [0.25, 0.3) is 0 Å². The van der Waals surface area contributed by atoms with Crippen molar-refractivity contribution in [2.24, 2.45) is 0 Å². The summed E-state index contributed by atoms with van der Waals surface area (Å²) in [4.78, 5) is 3.72. The molecule has 1 nitrogen and oxygen atoms in total. The van der Waals surface area contributed by atoms with Crippen molar-refractivity contribution in [1.82, 2.24) is 4.98 Å². The number of aromatic nitrogens is 1. The van der Waals surface area contributed by atoms with Crippen molar-refractivity contribution in [1.29, 1.82) is 0 Å². The number of halogens is 3. The normalized spacial score (nSPS) is 10.0. The molecule has 0 fully saturated rings. The first-order chi connectivity index (χ1) is 4.61. The number of aryl methyl sites for hydroxylation is 1. The molecule has 0 aliphatic rings. The maximum atomic E-state index is 12.8. The lowest BCUT2D eigenvalue weighted by Crippen LogP contribution is -1.91. The van der Waals surface area contributed by atoms with Crippen molar-refractivity contribution >= 4 is 34.2 Å². The lowest BCUT2D eigenvalue weighted by Gasteiger charge is -1.97. The predicted octanol–water partition coefficient (Wildman–Crippen LogP) is 2.79. The molecule has 0 radical (unpaired) electrons. The Morgan fingerprint density at radius 2 is 2.30 bits per heavy atom. The van der Waals surface area contributed by atoms with Crippen molar-refractivity contribution in [3.05, 3.63) is 26.3 Å². The van der Waals surface area contributed by atoms with Gasteiger partial charge in [-0.25, -0.2) is 9.37 Å². The Morgan fingerprint density at radius 1 is 1.70 bits per heavy atom. The van der Waals surface area contributed by atoms with Crippen LogP contribution in [-0.4, -0.2) is 4.98 Å². The van der Waals surface area contributed by atoms with Gasteiger partial charge in [-0.2, -0.15) is 0 Å². The van der Waals surface area contributed by atoms with Gasteiger partial charge in [-0.3, -0.25) is 0 Å². The van der Waals surface area contributed by atoms with E-state index in [0.717, 1.165) is 0 Å². The third kappa shape index (κ3) is 1.58. The van der Waals surface area contributed by atoms with Gasteiger partial charge in [0.2, 0.25) is 0 Å². The van der Waals surface area contributed by atoms with Crippen molar-refractivity contribution in [2.45, 2.75) is 6.92 Å². The Labute approximate surface area is 76.7 Å². The summed E-state index contributed by atoms with van der Waals surface area (Å²) in [7, 11) is 0. The van der Waals surface area contributed by atoms with E-state index < -0.39 is 0 Å². The van der Waals surface area contributed by atoms with E-state index in [9.17, 15) is 4.39 Å². The molecule has 0 atom stereocenters. The summed E-state index contributed by atoms with van der Waals surface area (Å²) in [6.45, 7) is 1.59. The largest absolute Gasteiger partial charge is 0.238 e. The fourth-order valence-electron chi connectivity index (χ4n) is 0.582. The van der Waals surface area contributed by atoms with E-state index in [-0.39, 0.29) is 5.82 Å². The Balaban J connectivity index is 3.31. The average molecular weight is 271 g/mol. The molecule has 10 heavy (non-hydrogen) atoms. The van der Waals surface area contributed by atoms with Crippen LogP contribution in [-0.2, 0) is 0 Å². The molecule has 0 aliphatic carbocycles. The maximum absolute atomic E-state index is 12.8. The average Bonchev–Trinajstić information content (AvgIpc) is 1.82. The summed E-state index contributed by atoms with van der Waals surface area (Å²) in [5, 5.41) is 0.336. The van der Waals surface area contributed by atoms with Crippen molar-refractivity contribution < 1.29 is 4.39 Å². The molecule has 1 aromatic heterocycles. The first kappa shape index (κ1) is 8.20. The molecule has 1 rings (SSSR count). The number of nitrogens with zero attached hydrogens (tertiary/aromatic N) is 1. The second-order valence-corrected chi connectivity index (χ2v) is 3.38. The van der Waals surface area contributed by atoms with E-state index >= 15 is 0 Å². The number of hydrogen-bond donors (Lipinski definition) is 0. The Morgan fingerprint density at radius 3 is 2.80 bits per heavy atom. The zero-order valence-corrected chi connectivity index (χ0v) is 8.07. The fraction of sp³-hybridized carbons (Fsp3) is 0.167. The van der Waals surface area contributed by atoms with Crippen LogP contribution in [0.1, 0.15) is 5.69 Å². The predicted molar refractivity (Wildman–Crippen MR) is 46.7 cm³/mol. The highest BCUT2D eigenvalue weighted by molar-refractivity contribution is 14.1. The lowest BCUT2D eigenvalue weighted by atomic mass is 10.4. The van der Waals surface area contributed by atoms with E-state index in [1.165, 1.54) is 6.07 Å². The van der Waals surface area contributed by atoms with E-state index in [4.69, 9.17) is 11.6 Å². The van der Waals surface area contributed by atoms with E-state index in [2.05, 4.69) is 4.98 Å². The molecule has 1 heterocycles. The minimum Gasteiger partial charge on any atom is -0.238 e. The Kier molecular flexibility index (Phi) is 2.46. The van der Waals surface area contributed by atoms with Gasteiger partial charge < -0.3 is 0 Å². The van der Waals surface area contributed by atoms with E-state index in [0.29, 0.717) is 14.4 Å². The minimum absolute atomic E-state index is 0.287. The van der Waals surface area contributed by atoms with Crippen LogP contribution in [0.15, 0.2) is 6.07 Å². The van der Waals surface area contributed by atoms with Gasteiger partial charge in [0.15, 0.2) is 5.82 Å². The summed E-state index contributed by atoms with van der Waals surface area (Å²) < 4.78 is 13.3. The first-order valence-electron chi connectivity index (χ1n) is 2.59. The number of pyridine rings is 1. The molecule has 0 saturated carbocycles. The number of hydrogen-bond acceptors (Lipinski definition) is 1. The molecule has 0 aliphatic heterocycles. The summed E-state index contributed by atoms with van der Waals surface area (Å²) in [5.74, 6) is -0.287. The van der Waals surface area contributed by atoms with Crippen molar-refractivity contribution in [2.75, 3.05) is 0 Å². The molecule has 0 bridgehead atoms. The highest BCUT2D eigenvalue weighted by atomic mass is 127. The highest BCUT2D eigenvalue weighted by Gasteiger charge is 2.04. The van der Waals surface area contributed by atoms with Gasteiger partial charge in [-0.15, -0.1) is 0 Å². The van der Waals surface area contributed by atoms with E-state index in [1.807, 2.05) is 22.6 Å². The third-order valence-corrected chi connectivity index (χ3v) is 2.03. The highest BCUT2D eigenvalue weighted by Crippen LogP contribution is 2.16. The van der Waals surface area contributed by atoms with Crippen LogP contribution in [0.3, 0.4) is 0 Å². The van der Waals surface area contributed by atoms with Gasteiger partial charge in [0.05, 0.1) is 9.26 Å².